The monoisotopic (exact) mass is 490 g/mol. The average Bonchev–Trinajstić information content (AvgIpc) is 2.85. The number of pyridine rings is 2. The Morgan fingerprint density at radius 3 is 2.66 bits per heavy atom. The first kappa shape index (κ1) is 26.1. The molecule has 4 aromatic rings. The summed E-state index contributed by atoms with van der Waals surface area (Å²) in [5, 5.41) is 17.2. The van der Waals surface area contributed by atoms with Gasteiger partial charge in [-0.2, -0.15) is 13.5 Å². The van der Waals surface area contributed by atoms with Crippen molar-refractivity contribution in [2.75, 3.05) is 18.9 Å². The lowest BCUT2D eigenvalue weighted by Crippen LogP contribution is -2.18. The Morgan fingerprint density at radius 2 is 1.91 bits per heavy atom. The van der Waals surface area contributed by atoms with Gasteiger partial charge in [-0.1, -0.05) is 25.1 Å². The number of carbonyl (C=O) groups is 1. The van der Waals surface area contributed by atoms with Gasteiger partial charge in [0.1, 0.15) is 12.1 Å². The molecule has 8 nitrogen and oxygen atoms in total. The quantitative estimate of drug-likeness (QED) is 0.359. The fourth-order valence-electron chi connectivity index (χ4n) is 3.82. The van der Waals surface area contributed by atoms with E-state index in [0.717, 1.165) is 22.0 Å². The maximum atomic E-state index is 12.3. The Bertz CT molecular complexity index is 1340. The van der Waals surface area contributed by atoms with Gasteiger partial charge in [-0.25, -0.2) is 9.97 Å². The van der Waals surface area contributed by atoms with Crippen molar-refractivity contribution in [3.63, 3.8) is 0 Å². The molecular weight excluding hydrogens is 460 g/mol. The van der Waals surface area contributed by atoms with Gasteiger partial charge < -0.3 is 15.7 Å². The van der Waals surface area contributed by atoms with E-state index in [4.69, 9.17) is 0 Å². The van der Waals surface area contributed by atoms with E-state index in [0.29, 0.717) is 29.2 Å². The number of aliphatic hydroxyl groups is 1. The molecule has 0 aliphatic heterocycles. The van der Waals surface area contributed by atoms with Crippen LogP contribution in [-0.4, -0.2) is 44.5 Å². The number of hydrogen-bond acceptors (Lipinski definition) is 7. The third-order valence-corrected chi connectivity index (χ3v) is 5.80. The lowest BCUT2D eigenvalue weighted by atomic mass is 9.96. The summed E-state index contributed by atoms with van der Waals surface area (Å²) >= 11 is 0. The van der Waals surface area contributed by atoms with Crippen LogP contribution in [0.3, 0.4) is 0 Å². The smallest absolute Gasteiger partial charge is 0.251 e. The summed E-state index contributed by atoms with van der Waals surface area (Å²) in [5.41, 5.74) is 3.71. The highest BCUT2D eigenvalue weighted by Crippen LogP contribution is 2.28. The second-order valence-electron chi connectivity index (χ2n) is 8.77. The summed E-state index contributed by atoms with van der Waals surface area (Å²) in [6.45, 7) is 6.17. The maximum Gasteiger partial charge on any atom is 0.251 e. The van der Waals surface area contributed by atoms with Crippen LogP contribution in [0.5, 0.6) is 0 Å². The molecule has 3 N–H and O–H groups in total. The number of amides is 1. The molecule has 0 radical (unpaired) electrons. The first-order chi connectivity index (χ1) is 16.3. The predicted molar refractivity (Wildman–Crippen MR) is 143 cm³/mol. The van der Waals surface area contributed by atoms with Gasteiger partial charge in [0.2, 0.25) is 0 Å². The van der Waals surface area contributed by atoms with Crippen LogP contribution in [0, 0.1) is 0 Å². The molecule has 0 spiro atoms. The first-order valence-corrected chi connectivity index (χ1v) is 11.1. The Balaban J connectivity index is 0.00000342. The van der Waals surface area contributed by atoms with Crippen LogP contribution in [-0.2, 0) is 5.60 Å². The minimum Gasteiger partial charge on any atom is -0.386 e. The molecule has 0 saturated carbocycles. The number of para-hydroxylation sites is 1. The number of nitrogens with one attached hydrogen (secondary N) is 2. The molecule has 9 heteroatoms. The van der Waals surface area contributed by atoms with Gasteiger partial charge in [0.25, 0.3) is 5.91 Å². The second kappa shape index (κ2) is 10.8. The van der Waals surface area contributed by atoms with E-state index in [9.17, 15) is 9.90 Å². The molecule has 0 aliphatic rings. The predicted octanol–water partition coefficient (Wildman–Crippen LogP) is 4.00. The molecule has 0 fully saturated rings. The third kappa shape index (κ3) is 5.75. The van der Waals surface area contributed by atoms with Gasteiger partial charge in [-0.15, -0.1) is 0 Å². The number of nitrogens with zero attached hydrogens (tertiary/aromatic N) is 4. The maximum absolute atomic E-state index is 12.3. The van der Waals surface area contributed by atoms with Gasteiger partial charge >= 0.3 is 0 Å². The van der Waals surface area contributed by atoms with Crippen LogP contribution < -0.4 is 10.6 Å². The zero-order valence-corrected chi connectivity index (χ0v) is 21.2. The number of anilines is 1. The highest BCUT2D eigenvalue weighted by molar-refractivity contribution is 7.59. The summed E-state index contributed by atoms with van der Waals surface area (Å²) in [4.78, 5) is 29.8. The van der Waals surface area contributed by atoms with Crippen LogP contribution in [0.15, 0.2) is 61.3 Å². The minimum absolute atomic E-state index is 0. The number of aromatic nitrogens is 4. The fourth-order valence-corrected chi connectivity index (χ4v) is 3.82. The van der Waals surface area contributed by atoms with E-state index in [-0.39, 0.29) is 25.3 Å². The molecule has 0 bridgehead atoms. The van der Waals surface area contributed by atoms with Gasteiger partial charge in [0, 0.05) is 60.7 Å². The number of benzene rings is 1. The van der Waals surface area contributed by atoms with E-state index >= 15 is 0 Å². The van der Waals surface area contributed by atoms with E-state index in [1.807, 2.05) is 30.3 Å². The molecule has 3 aromatic heterocycles. The summed E-state index contributed by atoms with van der Waals surface area (Å²) in [6, 6.07) is 11.4. The van der Waals surface area contributed by atoms with Crippen molar-refractivity contribution in [1.82, 2.24) is 25.3 Å². The van der Waals surface area contributed by atoms with E-state index in [1.165, 1.54) is 6.33 Å². The molecule has 0 unspecified atom stereocenters. The van der Waals surface area contributed by atoms with Crippen molar-refractivity contribution in [2.24, 2.45) is 0 Å². The molecule has 1 atom stereocenters. The SMILES string of the molecule is CNC(=O)c1ccnc2c([C@H](C)CNc3cc(-c4cncc(C(C)(C)O)c4)ncn3)cccc12.S. The highest BCUT2D eigenvalue weighted by atomic mass is 32.1. The standard InChI is InChI=1S/C26H28N6O2.H2S/c1-16(19-6-5-7-20-21(25(33)27-4)8-9-29-24(19)20)12-30-23-11-22(31-15-32-23)17-10-18(14-28-13-17)26(2,3)34;/h5-11,13-16,34H,12H2,1-4H3,(H,27,33)(H,30,31,32);1H2/t16-;/m1./s1. The Labute approximate surface area is 211 Å². The summed E-state index contributed by atoms with van der Waals surface area (Å²) in [6.07, 6.45) is 6.55. The van der Waals surface area contributed by atoms with Crippen molar-refractivity contribution >= 4 is 36.1 Å². The molecular formula is C26H30N6O2S. The fraction of sp³-hybridized carbons (Fsp3) is 0.269. The molecule has 35 heavy (non-hydrogen) atoms. The van der Waals surface area contributed by atoms with Gasteiger partial charge in [-0.3, -0.25) is 14.8 Å². The molecule has 1 aromatic carbocycles. The summed E-state index contributed by atoms with van der Waals surface area (Å²) in [7, 11) is 1.62. The van der Waals surface area contributed by atoms with Crippen LogP contribution in [0.2, 0.25) is 0 Å². The van der Waals surface area contributed by atoms with Gasteiger partial charge in [0.15, 0.2) is 0 Å². The number of rotatable bonds is 7. The molecule has 0 aliphatic carbocycles. The Kier molecular flexibility index (Phi) is 8.03. The normalized spacial score (nSPS) is 12.0. The van der Waals surface area contributed by atoms with E-state index in [1.54, 1.807) is 45.6 Å². The third-order valence-electron chi connectivity index (χ3n) is 5.80. The number of carbonyl (C=O) groups excluding carboxylic acids is 1. The zero-order valence-electron chi connectivity index (χ0n) is 20.2. The van der Waals surface area contributed by atoms with E-state index < -0.39 is 5.60 Å². The number of hydrogen-bond donors (Lipinski definition) is 3. The van der Waals surface area contributed by atoms with Crippen LogP contribution in [0.25, 0.3) is 22.2 Å². The van der Waals surface area contributed by atoms with Crippen molar-refractivity contribution in [2.45, 2.75) is 32.3 Å². The Hall–Kier alpha value is -3.56. The van der Waals surface area contributed by atoms with Crippen molar-refractivity contribution in [1.29, 1.82) is 0 Å². The van der Waals surface area contributed by atoms with Crippen LogP contribution in [0.1, 0.15) is 48.2 Å². The first-order valence-electron chi connectivity index (χ1n) is 11.1. The molecule has 182 valence electrons. The summed E-state index contributed by atoms with van der Waals surface area (Å²) < 4.78 is 0. The minimum atomic E-state index is -0.989. The zero-order chi connectivity index (χ0) is 24.3. The number of fused-ring (bicyclic) bond motifs is 1. The largest absolute Gasteiger partial charge is 0.386 e. The molecule has 4 rings (SSSR count). The average molecular weight is 491 g/mol. The van der Waals surface area contributed by atoms with Crippen LogP contribution >= 0.6 is 13.5 Å². The second-order valence-corrected chi connectivity index (χ2v) is 8.77. The van der Waals surface area contributed by atoms with Gasteiger partial charge in [0.05, 0.1) is 22.4 Å². The lowest BCUT2D eigenvalue weighted by Gasteiger charge is -2.18. The van der Waals surface area contributed by atoms with Crippen molar-refractivity contribution < 1.29 is 9.90 Å². The van der Waals surface area contributed by atoms with Crippen molar-refractivity contribution in [3.8, 4) is 11.3 Å². The molecule has 3 heterocycles. The lowest BCUT2D eigenvalue weighted by molar-refractivity contribution is 0.0782. The molecule has 0 saturated heterocycles. The van der Waals surface area contributed by atoms with E-state index in [2.05, 4.69) is 37.5 Å². The van der Waals surface area contributed by atoms with Gasteiger partial charge in [-0.05, 0) is 31.5 Å². The topological polar surface area (TPSA) is 113 Å². The summed E-state index contributed by atoms with van der Waals surface area (Å²) in [5.74, 6) is 0.659. The van der Waals surface area contributed by atoms with Crippen molar-refractivity contribution in [3.05, 3.63) is 78.0 Å². The Morgan fingerprint density at radius 1 is 1.11 bits per heavy atom. The van der Waals surface area contributed by atoms with Crippen LogP contribution in [0.4, 0.5) is 5.82 Å². The highest BCUT2D eigenvalue weighted by Gasteiger charge is 2.18. The molecule has 1 amide bonds.